The van der Waals surface area contributed by atoms with Gasteiger partial charge in [-0.1, -0.05) is 239 Å². The zero-order valence-corrected chi connectivity index (χ0v) is 41.5. The lowest BCUT2D eigenvalue weighted by Gasteiger charge is -2.28. The van der Waals surface area contributed by atoms with Crippen molar-refractivity contribution in [3.63, 3.8) is 0 Å². The molecule has 0 aromatic heterocycles. The molecular formula is C54H88Br2N2. The van der Waals surface area contributed by atoms with Gasteiger partial charge < -0.3 is 9.80 Å². The minimum absolute atomic E-state index is 0.751. The zero-order valence-electron chi connectivity index (χ0n) is 38.3. The molecule has 2 aliphatic rings. The van der Waals surface area contributed by atoms with Crippen LogP contribution in [0.2, 0.25) is 0 Å². The molecule has 2 aromatic rings. The standard InChI is InChI=1S/C54H88Br2N2/c1-5-9-13-17-21-23-27-31-35-45(33-29-25-19-15-11-7-3)39-57-41-47-37-52(56)50-44-58(42-48-38-51(55)49(43-57)53(47)54(48)50)40-46(34-30-26-20-16-12-8-4)36-32-28-24-22-18-14-10-6-2/h37-38,41-46H,5-36,39-40H2,1-4H3. The first-order chi connectivity index (χ1) is 28.5. The number of hydrogen-bond acceptors (Lipinski definition) is 2. The molecule has 0 bridgehead atoms. The predicted molar refractivity (Wildman–Crippen MR) is 267 cm³/mol. The number of nitrogens with zero attached hydrogens (tertiary/aromatic N) is 2. The number of unbranched alkanes of at least 4 members (excludes halogenated alkanes) is 24. The minimum Gasteiger partial charge on any atom is -0.353 e. The van der Waals surface area contributed by atoms with Gasteiger partial charge in [-0.3, -0.25) is 0 Å². The van der Waals surface area contributed by atoms with Crippen LogP contribution in [0.25, 0.3) is 35.6 Å². The van der Waals surface area contributed by atoms with Gasteiger partial charge in [-0.25, -0.2) is 0 Å². The summed E-state index contributed by atoms with van der Waals surface area (Å²) in [7, 11) is 0. The highest BCUT2D eigenvalue weighted by atomic mass is 79.9. The van der Waals surface area contributed by atoms with E-state index in [-0.39, 0.29) is 0 Å². The lowest BCUT2D eigenvalue weighted by molar-refractivity contribution is 0.348. The molecule has 4 rings (SSSR count). The molecular weight excluding hydrogens is 836 g/mol. The molecule has 0 saturated heterocycles. The predicted octanol–water partition coefficient (Wildman–Crippen LogP) is 15.7. The molecule has 0 spiro atoms. The Morgan fingerprint density at radius 3 is 0.897 bits per heavy atom. The summed E-state index contributed by atoms with van der Waals surface area (Å²) in [5.74, 6) is 1.50. The average molecular weight is 925 g/mol. The van der Waals surface area contributed by atoms with Gasteiger partial charge in [0.1, 0.15) is 0 Å². The van der Waals surface area contributed by atoms with Crippen LogP contribution >= 0.6 is 31.9 Å². The Morgan fingerprint density at radius 1 is 0.362 bits per heavy atom. The van der Waals surface area contributed by atoms with E-state index in [4.69, 9.17) is 0 Å². The van der Waals surface area contributed by atoms with Gasteiger partial charge in [-0.15, -0.1) is 0 Å². The second kappa shape index (κ2) is 29.9. The summed E-state index contributed by atoms with van der Waals surface area (Å²) in [5.41, 5.74) is 0. The van der Waals surface area contributed by atoms with Crippen molar-refractivity contribution < 1.29 is 0 Å². The molecule has 2 nitrogen and oxygen atoms in total. The van der Waals surface area contributed by atoms with Crippen LogP contribution in [-0.4, -0.2) is 22.9 Å². The average Bonchev–Trinajstić information content (AvgIpc) is 3.21. The Morgan fingerprint density at radius 2 is 0.621 bits per heavy atom. The first kappa shape index (κ1) is 49.4. The van der Waals surface area contributed by atoms with Crippen molar-refractivity contribution in [1.29, 1.82) is 0 Å². The second-order valence-electron chi connectivity index (χ2n) is 18.8. The molecule has 2 atom stereocenters. The Bertz CT molecular complexity index is 1540. The molecule has 0 fully saturated rings. The van der Waals surface area contributed by atoms with E-state index in [0.717, 1.165) is 24.9 Å². The number of rotatable bonds is 36. The van der Waals surface area contributed by atoms with Crippen molar-refractivity contribution in [2.45, 2.75) is 233 Å². The Balaban J connectivity index is 1.46. The van der Waals surface area contributed by atoms with Crippen LogP contribution in [0.4, 0.5) is 0 Å². The van der Waals surface area contributed by atoms with Gasteiger partial charge in [0, 0.05) is 78.5 Å². The Hall–Kier alpha value is -1.26. The van der Waals surface area contributed by atoms with E-state index in [2.05, 4.69) is 106 Å². The molecule has 0 N–H and O–H groups in total. The van der Waals surface area contributed by atoms with Crippen LogP contribution in [0.15, 0.2) is 21.1 Å². The van der Waals surface area contributed by atoms with E-state index in [0.29, 0.717) is 0 Å². The topological polar surface area (TPSA) is 6.48 Å². The lowest BCUT2D eigenvalue weighted by atomic mass is 9.92. The molecule has 4 heteroatoms. The van der Waals surface area contributed by atoms with E-state index in [1.165, 1.54) is 246 Å². The fourth-order valence-electron chi connectivity index (χ4n) is 9.92. The van der Waals surface area contributed by atoms with Gasteiger partial charge in [-0.2, -0.15) is 0 Å². The van der Waals surface area contributed by atoms with E-state index in [1.807, 2.05) is 0 Å². The summed E-state index contributed by atoms with van der Waals surface area (Å²) in [4.78, 5) is 5.12. The van der Waals surface area contributed by atoms with Crippen LogP contribution in [0.1, 0.15) is 233 Å². The molecule has 0 aliphatic carbocycles. The van der Waals surface area contributed by atoms with Crippen molar-refractivity contribution >= 4 is 67.4 Å². The highest BCUT2D eigenvalue weighted by Crippen LogP contribution is 2.25. The fraction of sp³-hybridized carbons (Fsp3) is 0.741. The SMILES string of the molecule is CCCCCCCCCCC(CCCCCCCC)CN1C=c2cc(Br)c3c4c(cc(Br)c(c24)=C1)=CN(CC(CCCCCCCC)CCCCCCCCCC)C=3. The summed E-state index contributed by atoms with van der Waals surface area (Å²) < 4.78 is 2.47. The molecule has 0 amide bonds. The smallest absolute Gasteiger partial charge is 0.0275 e. The number of halogens is 2. The van der Waals surface area contributed by atoms with Gasteiger partial charge in [0.2, 0.25) is 0 Å². The highest BCUT2D eigenvalue weighted by Gasteiger charge is 2.20. The summed E-state index contributed by atoms with van der Waals surface area (Å²) in [5, 5.41) is 8.29. The third kappa shape index (κ3) is 17.6. The fourth-order valence-corrected chi connectivity index (χ4v) is 11.0. The third-order valence-corrected chi connectivity index (χ3v) is 14.8. The van der Waals surface area contributed by atoms with Gasteiger partial charge in [0.15, 0.2) is 0 Å². The van der Waals surface area contributed by atoms with Gasteiger partial charge >= 0.3 is 0 Å². The van der Waals surface area contributed by atoms with Crippen molar-refractivity contribution in [3.05, 3.63) is 42.0 Å². The van der Waals surface area contributed by atoms with E-state index < -0.39 is 0 Å². The molecule has 2 unspecified atom stereocenters. The van der Waals surface area contributed by atoms with Crippen LogP contribution < -0.4 is 20.9 Å². The van der Waals surface area contributed by atoms with Crippen LogP contribution in [0.5, 0.6) is 0 Å². The summed E-state index contributed by atoms with van der Waals surface area (Å²) in [6.45, 7) is 11.6. The summed E-state index contributed by atoms with van der Waals surface area (Å²) in [6.07, 6.45) is 54.5. The van der Waals surface area contributed by atoms with E-state index in [9.17, 15) is 0 Å². The van der Waals surface area contributed by atoms with Crippen LogP contribution in [-0.2, 0) is 0 Å². The second-order valence-corrected chi connectivity index (χ2v) is 20.5. The van der Waals surface area contributed by atoms with Crippen LogP contribution in [0.3, 0.4) is 0 Å². The number of hydrogen-bond donors (Lipinski definition) is 0. The molecule has 2 aliphatic heterocycles. The maximum absolute atomic E-state index is 4.12. The molecule has 2 heterocycles. The van der Waals surface area contributed by atoms with E-state index >= 15 is 0 Å². The molecule has 2 aromatic carbocycles. The molecule has 0 radical (unpaired) electrons. The first-order valence-corrected chi connectivity index (χ1v) is 27.0. The van der Waals surface area contributed by atoms with Crippen molar-refractivity contribution in [2.24, 2.45) is 11.8 Å². The highest BCUT2D eigenvalue weighted by molar-refractivity contribution is 9.10. The molecule has 0 saturated carbocycles. The first-order valence-electron chi connectivity index (χ1n) is 25.4. The summed E-state index contributed by atoms with van der Waals surface area (Å²) >= 11 is 8.24. The van der Waals surface area contributed by atoms with Crippen molar-refractivity contribution in [2.75, 3.05) is 13.1 Å². The van der Waals surface area contributed by atoms with Gasteiger partial charge in [0.25, 0.3) is 0 Å². The minimum atomic E-state index is 0.751. The third-order valence-electron chi connectivity index (χ3n) is 13.4. The summed E-state index contributed by atoms with van der Waals surface area (Å²) in [6, 6.07) is 4.85. The van der Waals surface area contributed by atoms with Crippen molar-refractivity contribution in [3.8, 4) is 0 Å². The number of benzene rings is 2. The van der Waals surface area contributed by atoms with Crippen molar-refractivity contribution in [1.82, 2.24) is 9.80 Å². The largest absolute Gasteiger partial charge is 0.353 e. The molecule has 58 heavy (non-hydrogen) atoms. The maximum Gasteiger partial charge on any atom is 0.0275 e. The van der Waals surface area contributed by atoms with Gasteiger partial charge in [0.05, 0.1) is 0 Å². The van der Waals surface area contributed by atoms with Crippen LogP contribution in [0, 0.1) is 11.8 Å². The quantitative estimate of drug-likeness (QED) is 0.0629. The lowest BCUT2D eigenvalue weighted by Crippen LogP contribution is -2.38. The Labute approximate surface area is 375 Å². The van der Waals surface area contributed by atoms with Gasteiger partial charge in [-0.05, 0) is 49.7 Å². The Kier molecular flexibility index (Phi) is 25.5. The normalized spacial score (nSPS) is 14.3. The molecule has 328 valence electrons. The monoisotopic (exact) mass is 923 g/mol. The van der Waals surface area contributed by atoms with E-state index in [1.54, 1.807) is 0 Å². The zero-order chi connectivity index (χ0) is 41.2. The maximum atomic E-state index is 4.12.